The predicted molar refractivity (Wildman–Crippen MR) is 126 cm³/mol. The number of hydrogen-bond donors (Lipinski definition) is 3. The minimum Gasteiger partial charge on any atom is -0.389 e. The molecular weight excluding hydrogens is 457 g/mol. The normalized spacial score (nSPS) is 20.9. The summed E-state index contributed by atoms with van der Waals surface area (Å²) in [7, 11) is 0. The Kier molecular flexibility index (Phi) is 7.18. The quantitative estimate of drug-likeness (QED) is 0.468. The van der Waals surface area contributed by atoms with E-state index in [9.17, 15) is 23.1 Å². The molecule has 1 aromatic carbocycles. The lowest BCUT2D eigenvalue weighted by Crippen LogP contribution is -2.31. The summed E-state index contributed by atoms with van der Waals surface area (Å²) in [4.78, 5) is 21.1. The summed E-state index contributed by atoms with van der Waals surface area (Å²) in [5.74, 6) is -3.28. The minimum absolute atomic E-state index is 0.00101. The van der Waals surface area contributed by atoms with Gasteiger partial charge in [0.25, 0.3) is 5.91 Å². The third kappa shape index (κ3) is 5.36. The Labute approximate surface area is 201 Å². The second-order valence-electron chi connectivity index (χ2n) is 9.25. The highest BCUT2D eigenvalue weighted by Crippen LogP contribution is 2.38. The SMILES string of the molecule is C[C@@H]1C[C@H](N)C[C@H](c2ccncc2NC(=O)c2ccc(F)c(-c3c(F)cc([C@H](C)O)cc3F)n2)C1. The number of rotatable bonds is 5. The summed E-state index contributed by atoms with van der Waals surface area (Å²) in [6, 6.07) is 5.80. The molecule has 0 spiro atoms. The van der Waals surface area contributed by atoms with Crippen LogP contribution in [0.25, 0.3) is 11.3 Å². The van der Waals surface area contributed by atoms with Crippen molar-refractivity contribution in [1.82, 2.24) is 9.97 Å². The molecule has 9 heteroatoms. The average Bonchev–Trinajstić information content (AvgIpc) is 2.79. The molecule has 4 N–H and O–H groups in total. The molecule has 1 saturated carbocycles. The van der Waals surface area contributed by atoms with Crippen LogP contribution in [0, 0.1) is 23.4 Å². The number of amides is 1. The number of carbonyl (C=O) groups is 1. The van der Waals surface area contributed by atoms with Crippen LogP contribution in [0.3, 0.4) is 0 Å². The molecule has 0 unspecified atom stereocenters. The number of aromatic nitrogens is 2. The van der Waals surface area contributed by atoms with E-state index >= 15 is 0 Å². The Balaban J connectivity index is 1.64. The number of nitrogens with two attached hydrogens (primary N) is 1. The fraction of sp³-hybridized carbons (Fsp3) is 0.346. The Morgan fingerprint density at radius 3 is 2.49 bits per heavy atom. The molecule has 0 bridgehead atoms. The second kappa shape index (κ2) is 10.1. The molecule has 0 saturated heterocycles. The average molecular weight is 485 g/mol. The number of aliphatic hydroxyl groups is 1. The van der Waals surface area contributed by atoms with Gasteiger partial charge in [-0.05, 0) is 79.5 Å². The van der Waals surface area contributed by atoms with E-state index in [-0.39, 0.29) is 23.2 Å². The predicted octanol–water partition coefficient (Wildman–Crippen LogP) is 5.10. The first-order chi connectivity index (χ1) is 16.6. The number of nitrogens with one attached hydrogen (secondary N) is 1. The van der Waals surface area contributed by atoms with Crippen molar-refractivity contribution in [2.24, 2.45) is 11.7 Å². The summed E-state index contributed by atoms with van der Waals surface area (Å²) >= 11 is 0. The molecule has 1 fully saturated rings. The van der Waals surface area contributed by atoms with Crippen LogP contribution in [-0.4, -0.2) is 27.0 Å². The molecule has 1 aliphatic carbocycles. The second-order valence-corrected chi connectivity index (χ2v) is 9.25. The fourth-order valence-electron chi connectivity index (χ4n) is 4.77. The van der Waals surface area contributed by atoms with E-state index in [0.29, 0.717) is 11.6 Å². The highest BCUT2D eigenvalue weighted by Gasteiger charge is 2.28. The zero-order valence-electron chi connectivity index (χ0n) is 19.4. The van der Waals surface area contributed by atoms with Crippen LogP contribution in [-0.2, 0) is 0 Å². The molecule has 0 aliphatic heterocycles. The van der Waals surface area contributed by atoms with Gasteiger partial charge in [0.15, 0.2) is 0 Å². The van der Waals surface area contributed by atoms with Gasteiger partial charge in [-0.3, -0.25) is 9.78 Å². The number of aliphatic hydroxyl groups excluding tert-OH is 1. The molecule has 2 aromatic heterocycles. The Morgan fingerprint density at radius 1 is 1.11 bits per heavy atom. The van der Waals surface area contributed by atoms with E-state index < -0.39 is 40.7 Å². The molecule has 4 rings (SSSR count). The van der Waals surface area contributed by atoms with Gasteiger partial charge in [-0.25, -0.2) is 18.2 Å². The maximum atomic E-state index is 14.7. The van der Waals surface area contributed by atoms with E-state index in [1.807, 2.05) is 6.07 Å². The summed E-state index contributed by atoms with van der Waals surface area (Å²) < 4.78 is 43.9. The highest BCUT2D eigenvalue weighted by molar-refractivity contribution is 6.03. The summed E-state index contributed by atoms with van der Waals surface area (Å²) in [5.41, 5.74) is 6.01. The molecule has 1 amide bonds. The van der Waals surface area contributed by atoms with E-state index in [1.165, 1.54) is 13.1 Å². The Bertz CT molecular complexity index is 1220. The van der Waals surface area contributed by atoms with Crippen LogP contribution >= 0.6 is 0 Å². The van der Waals surface area contributed by atoms with Gasteiger partial charge in [0, 0.05) is 12.2 Å². The summed E-state index contributed by atoms with van der Waals surface area (Å²) in [6.07, 6.45) is 4.69. The van der Waals surface area contributed by atoms with Crippen LogP contribution < -0.4 is 11.1 Å². The third-order valence-electron chi connectivity index (χ3n) is 6.38. The number of hydrogen-bond acceptors (Lipinski definition) is 5. The van der Waals surface area contributed by atoms with Crippen LogP contribution in [0.2, 0.25) is 0 Å². The lowest BCUT2D eigenvalue weighted by Gasteiger charge is -2.32. The van der Waals surface area contributed by atoms with Gasteiger partial charge in [0.2, 0.25) is 0 Å². The lowest BCUT2D eigenvalue weighted by atomic mass is 9.76. The van der Waals surface area contributed by atoms with Gasteiger partial charge in [-0.2, -0.15) is 0 Å². The van der Waals surface area contributed by atoms with Crippen molar-refractivity contribution in [1.29, 1.82) is 0 Å². The molecule has 1 aliphatic rings. The van der Waals surface area contributed by atoms with Crippen LogP contribution in [0.5, 0.6) is 0 Å². The van der Waals surface area contributed by atoms with E-state index in [2.05, 4.69) is 22.2 Å². The number of carbonyl (C=O) groups excluding carboxylic acids is 1. The van der Waals surface area contributed by atoms with Crippen molar-refractivity contribution < 1.29 is 23.1 Å². The monoisotopic (exact) mass is 484 g/mol. The van der Waals surface area contributed by atoms with Gasteiger partial charge in [-0.15, -0.1) is 0 Å². The van der Waals surface area contributed by atoms with Crippen molar-refractivity contribution in [2.45, 2.75) is 51.2 Å². The number of nitrogens with zero attached hydrogens (tertiary/aromatic N) is 2. The van der Waals surface area contributed by atoms with Gasteiger partial charge >= 0.3 is 0 Å². The first-order valence-corrected chi connectivity index (χ1v) is 11.5. The summed E-state index contributed by atoms with van der Waals surface area (Å²) in [5, 5.41) is 12.4. The molecule has 6 nitrogen and oxygen atoms in total. The number of anilines is 1. The molecule has 2 heterocycles. The molecule has 0 radical (unpaired) electrons. The van der Waals surface area contributed by atoms with Crippen molar-refractivity contribution in [2.75, 3.05) is 5.32 Å². The number of halogens is 3. The molecule has 3 aromatic rings. The van der Waals surface area contributed by atoms with E-state index in [4.69, 9.17) is 5.73 Å². The maximum Gasteiger partial charge on any atom is 0.274 e. The van der Waals surface area contributed by atoms with E-state index in [0.717, 1.165) is 49.1 Å². The van der Waals surface area contributed by atoms with Crippen molar-refractivity contribution in [3.8, 4) is 11.3 Å². The van der Waals surface area contributed by atoms with Gasteiger partial charge in [0.1, 0.15) is 28.8 Å². The zero-order chi connectivity index (χ0) is 25.3. The van der Waals surface area contributed by atoms with Crippen LogP contribution in [0.1, 0.15) is 66.7 Å². The number of benzene rings is 1. The molecular formula is C26H27F3N4O2. The smallest absolute Gasteiger partial charge is 0.274 e. The lowest BCUT2D eigenvalue weighted by molar-refractivity contribution is 0.102. The van der Waals surface area contributed by atoms with E-state index in [1.54, 1.807) is 6.20 Å². The Hall–Kier alpha value is -3.30. The standard InChI is InChI=1S/C26H27F3N4O2/c1-13-7-16(9-17(30)8-13)18-5-6-31-12-23(18)33-26(35)22-4-3-19(27)25(32-22)24-20(28)10-15(14(2)34)11-21(24)29/h3-6,10-14,16-17,34H,7-9,30H2,1-2H3,(H,33,35)/t13-,14-,16+,17-/m0/s1. The highest BCUT2D eigenvalue weighted by atomic mass is 19.1. The first kappa shape index (κ1) is 24.8. The van der Waals surface area contributed by atoms with Gasteiger partial charge in [-0.1, -0.05) is 6.92 Å². The minimum atomic E-state index is -1.11. The zero-order valence-corrected chi connectivity index (χ0v) is 19.4. The Morgan fingerprint density at radius 2 is 1.83 bits per heavy atom. The van der Waals surface area contributed by atoms with Crippen molar-refractivity contribution in [3.63, 3.8) is 0 Å². The third-order valence-corrected chi connectivity index (χ3v) is 6.38. The topological polar surface area (TPSA) is 101 Å². The van der Waals surface area contributed by atoms with Gasteiger partial charge < -0.3 is 16.2 Å². The van der Waals surface area contributed by atoms with Crippen molar-refractivity contribution in [3.05, 3.63) is 77.0 Å². The van der Waals surface area contributed by atoms with Crippen LogP contribution in [0.4, 0.5) is 18.9 Å². The van der Waals surface area contributed by atoms with Crippen LogP contribution in [0.15, 0.2) is 42.7 Å². The molecule has 184 valence electrons. The first-order valence-electron chi connectivity index (χ1n) is 11.5. The maximum absolute atomic E-state index is 14.7. The summed E-state index contributed by atoms with van der Waals surface area (Å²) in [6.45, 7) is 3.49. The number of pyridine rings is 2. The van der Waals surface area contributed by atoms with Crippen molar-refractivity contribution >= 4 is 11.6 Å². The largest absolute Gasteiger partial charge is 0.389 e. The molecule has 35 heavy (non-hydrogen) atoms. The molecule has 4 atom stereocenters. The van der Waals surface area contributed by atoms with Gasteiger partial charge in [0.05, 0.1) is 23.6 Å². The fourth-order valence-corrected chi connectivity index (χ4v) is 4.77.